The fraction of sp³-hybridized carbons (Fsp3) is 1.00. The minimum Gasteiger partial charge on any atom is -0.330 e. The second-order valence-corrected chi connectivity index (χ2v) is 11.2. The van der Waals surface area contributed by atoms with Crippen molar-refractivity contribution in [3.05, 3.63) is 0 Å². The minimum atomic E-state index is -0.0647. The van der Waals surface area contributed by atoms with Gasteiger partial charge in [-0.1, -0.05) is 20.8 Å². The molecule has 36 heavy (non-hydrogen) atoms. The second kappa shape index (κ2) is 20.6. The maximum atomic E-state index is 6.01. The summed E-state index contributed by atoms with van der Waals surface area (Å²) in [4.78, 5) is 9.67. The Morgan fingerprint density at radius 3 is 1.47 bits per heavy atom. The Bertz CT molecular complexity index is 510. The summed E-state index contributed by atoms with van der Waals surface area (Å²) in [6.07, 6.45) is 0. The Balaban J connectivity index is 4.60. The van der Waals surface area contributed by atoms with E-state index in [1.165, 1.54) is 0 Å². The first-order valence-electron chi connectivity index (χ1n) is 13.9. The third kappa shape index (κ3) is 16.5. The van der Waals surface area contributed by atoms with Crippen molar-refractivity contribution in [1.29, 1.82) is 0 Å². The van der Waals surface area contributed by atoms with E-state index in [1.807, 2.05) is 0 Å². The van der Waals surface area contributed by atoms with Crippen molar-refractivity contribution < 1.29 is 0 Å². The maximum absolute atomic E-state index is 6.01. The van der Waals surface area contributed by atoms with E-state index < -0.39 is 0 Å². The molecule has 0 amide bonds. The molecule has 0 aliphatic heterocycles. The van der Waals surface area contributed by atoms with Crippen molar-refractivity contribution in [3.8, 4) is 0 Å². The molecule has 0 bridgehead atoms. The molecule has 0 aliphatic carbocycles. The van der Waals surface area contributed by atoms with Crippen LogP contribution >= 0.6 is 0 Å². The molecule has 11 nitrogen and oxygen atoms in total. The van der Waals surface area contributed by atoms with Crippen LogP contribution in [0.1, 0.15) is 20.8 Å². The predicted molar refractivity (Wildman–Crippen MR) is 159 cm³/mol. The molecule has 0 rings (SSSR count). The predicted octanol–water partition coefficient (Wildman–Crippen LogP) is -4.09. The van der Waals surface area contributed by atoms with Gasteiger partial charge in [-0.05, 0) is 17.4 Å². The lowest BCUT2D eigenvalue weighted by atomic mass is 9.78. The van der Waals surface area contributed by atoms with Crippen molar-refractivity contribution in [1.82, 2.24) is 24.9 Å². The standard InChI is InChI=1S/C24H62BN11/c1-23(2,20-30)22-35(12-6-28)15-9-32-8-14-33(10-4-26)16-17-34(11-5-27)18-19-36(13-7-29)24(3,25)21-31/h32H,4-22,25-31H2,1-3H3. The SMILES string of the molecule is BC(C)(CN)N(CCN)CCN(CCN)CCN(CCN)CCNCCN(CCN)CC(C)(C)CN. The van der Waals surface area contributed by atoms with Gasteiger partial charge in [0.25, 0.3) is 0 Å². The monoisotopic (exact) mass is 516 g/mol. The highest BCUT2D eigenvalue weighted by molar-refractivity contribution is 6.15. The summed E-state index contributed by atoms with van der Waals surface area (Å²) in [5.74, 6) is 0. The average molecular weight is 516 g/mol. The van der Waals surface area contributed by atoms with Gasteiger partial charge in [-0.2, -0.15) is 0 Å². The highest BCUT2D eigenvalue weighted by atomic mass is 15.3. The molecule has 0 saturated carbocycles. The van der Waals surface area contributed by atoms with Gasteiger partial charge >= 0.3 is 0 Å². The van der Waals surface area contributed by atoms with Gasteiger partial charge in [-0.3, -0.25) is 9.80 Å². The molecule has 0 spiro atoms. The lowest BCUT2D eigenvalue weighted by Gasteiger charge is -2.39. The third-order valence-electron chi connectivity index (χ3n) is 6.92. The lowest BCUT2D eigenvalue weighted by Crippen LogP contribution is -2.56. The van der Waals surface area contributed by atoms with Gasteiger partial charge in [-0.15, -0.1) is 0 Å². The molecule has 13 N–H and O–H groups in total. The molecule has 0 radical (unpaired) electrons. The molecule has 1 unspecified atom stereocenters. The largest absolute Gasteiger partial charge is 0.330 e. The Morgan fingerprint density at radius 2 is 1.00 bits per heavy atom. The summed E-state index contributed by atoms with van der Waals surface area (Å²) in [5, 5.41) is 3.60. The number of nitrogens with two attached hydrogens (primary N) is 6. The normalized spacial score (nSPS) is 14.5. The summed E-state index contributed by atoms with van der Waals surface area (Å²) in [7, 11) is 2.18. The number of rotatable bonds is 25. The van der Waals surface area contributed by atoms with Gasteiger partial charge in [0.05, 0.1) is 0 Å². The summed E-state index contributed by atoms with van der Waals surface area (Å²) in [6.45, 7) is 22.6. The van der Waals surface area contributed by atoms with E-state index in [4.69, 9.17) is 34.4 Å². The van der Waals surface area contributed by atoms with Crippen LogP contribution in [0.2, 0.25) is 0 Å². The van der Waals surface area contributed by atoms with Gasteiger partial charge in [0.15, 0.2) is 0 Å². The van der Waals surface area contributed by atoms with Gasteiger partial charge in [-0.25, -0.2) is 0 Å². The molecule has 1 atom stereocenters. The van der Waals surface area contributed by atoms with E-state index in [0.717, 1.165) is 85.1 Å². The van der Waals surface area contributed by atoms with Crippen LogP contribution in [0.4, 0.5) is 0 Å². The summed E-state index contributed by atoms with van der Waals surface area (Å²) < 4.78 is 0. The van der Waals surface area contributed by atoms with E-state index in [9.17, 15) is 0 Å². The molecule has 0 aliphatic rings. The molecule has 0 aromatic carbocycles. The summed E-state index contributed by atoms with van der Waals surface area (Å²) in [6, 6.07) is 0. The van der Waals surface area contributed by atoms with Crippen molar-refractivity contribution >= 4 is 7.85 Å². The van der Waals surface area contributed by atoms with Crippen LogP contribution in [0.5, 0.6) is 0 Å². The molecule has 0 aromatic rings. The molecule has 216 valence electrons. The molecular weight excluding hydrogens is 453 g/mol. The van der Waals surface area contributed by atoms with E-state index in [1.54, 1.807) is 0 Å². The minimum absolute atomic E-state index is 0.0647. The smallest absolute Gasteiger partial charge is 0.129 e. The topological polar surface area (TPSA) is 181 Å². The molecule has 0 fully saturated rings. The van der Waals surface area contributed by atoms with Gasteiger partial charge in [0.1, 0.15) is 7.85 Å². The molecular formula is C24H62BN11. The van der Waals surface area contributed by atoms with Crippen LogP contribution in [0, 0.1) is 5.41 Å². The first kappa shape index (κ1) is 35.6. The first-order chi connectivity index (χ1) is 17.1. The van der Waals surface area contributed by atoms with Crippen LogP contribution in [-0.2, 0) is 0 Å². The number of nitrogens with one attached hydrogen (secondary N) is 1. The van der Waals surface area contributed by atoms with Crippen LogP contribution in [0.25, 0.3) is 0 Å². The highest BCUT2D eigenvalue weighted by Crippen LogP contribution is 2.14. The Morgan fingerprint density at radius 1 is 0.556 bits per heavy atom. The van der Waals surface area contributed by atoms with Crippen molar-refractivity contribution in [2.45, 2.75) is 26.2 Å². The van der Waals surface area contributed by atoms with E-state index in [-0.39, 0.29) is 10.9 Å². The summed E-state index contributed by atoms with van der Waals surface area (Å²) >= 11 is 0. The quantitative estimate of drug-likeness (QED) is 0.0464. The fourth-order valence-electron chi connectivity index (χ4n) is 4.30. The van der Waals surface area contributed by atoms with Crippen molar-refractivity contribution in [2.24, 2.45) is 39.8 Å². The van der Waals surface area contributed by atoms with Gasteiger partial charge < -0.3 is 49.5 Å². The Hall–Kier alpha value is -0.375. The Labute approximate surface area is 223 Å². The van der Waals surface area contributed by atoms with E-state index in [0.29, 0.717) is 39.3 Å². The molecule has 0 aromatic heterocycles. The zero-order valence-electron chi connectivity index (χ0n) is 24.2. The average Bonchev–Trinajstić information content (AvgIpc) is 2.84. The highest BCUT2D eigenvalue weighted by Gasteiger charge is 2.25. The van der Waals surface area contributed by atoms with Gasteiger partial charge in [0.2, 0.25) is 0 Å². The zero-order chi connectivity index (χ0) is 27.5. The molecule has 12 heteroatoms. The van der Waals surface area contributed by atoms with E-state index in [2.05, 4.69) is 53.5 Å². The maximum Gasteiger partial charge on any atom is 0.129 e. The molecule has 0 heterocycles. The number of hydrogen-bond donors (Lipinski definition) is 7. The van der Waals surface area contributed by atoms with Crippen molar-refractivity contribution in [2.75, 3.05) is 124 Å². The Kier molecular flexibility index (Phi) is 20.4. The van der Waals surface area contributed by atoms with Crippen LogP contribution in [-0.4, -0.2) is 157 Å². The van der Waals surface area contributed by atoms with Crippen LogP contribution < -0.4 is 39.7 Å². The second-order valence-electron chi connectivity index (χ2n) is 11.2. The lowest BCUT2D eigenvalue weighted by molar-refractivity contribution is 0.143. The fourth-order valence-corrected chi connectivity index (χ4v) is 4.30. The van der Waals surface area contributed by atoms with Gasteiger partial charge in [0, 0.05) is 118 Å². The molecule has 0 saturated heterocycles. The summed E-state index contributed by atoms with van der Waals surface area (Å²) in [5.41, 5.74) is 35.5. The van der Waals surface area contributed by atoms with Crippen molar-refractivity contribution in [3.63, 3.8) is 0 Å². The van der Waals surface area contributed by atoms with Crippen LogP contribution in [0.15, 0.2) is 0 Å². The number of hydrogen-bond acceptors (Lipinski definition) is 11. The first-order valence-corrected chi connectivity index (χ1v) is 13.9. The van der Waals surface area contributed by atoms with Crippen LogP contribution in [0.3, 0.4) is 0 Å². The van der Waals surface area contributed by atoms with E-state index >= 15 is 0 Å². The zero-order valence-corrected chi connectivity index (χ0v) is 24.2. The number of nitrogens with zero attached hydrogens (tertiary/aromatic N) is 4. The third-order valence-corrected chi connectivity index (χ3v) is 6.92.